The Bertz CT molecular complexity index is 1230. The zero-order chi connectivity index (χ0) is 25.3. The Morgan fingerprint density at radius 3 is 2.31 bits per heavy atom. The van der Waals surface area contributed by atoms with Crippen molar-refractivity contribution < 1.29 is 23.1 Å². The second-order valence-electron chi connectivity index (χ2n) is 9.82. The van der Waals surface area contributed by atoms with Gasteiger partial charge in [-0.3, -0.25) is 4.90 Å². The summed E-state index contributed by atoms with van der Waals surface area (Å²) in [6, 6.07) is 13.0. The molecular formula is C28H30F3N3O2. The summed E-state index contributed by atoms with van der Waals surface area (Å²) in [5.41, 5.74) is 1.00. The van der Waals surface area contributed by atoms with Crippen molar-refractivity contribution >= 4 is 16.9 Å². The average Bonchev–Trinajstić information content (AvgIpc) is 2.88. The molecule has 0 radical (unpaired) electrons. The molecule has 1 aromatic heterocycles. The predicted molar refractivity (Wildman–Crippen MR) is 133 cm³/mol. The second kappa shape index (κ2) is 10.2. The number of hydrogen-bond donors (Lipinski definition) is 1. The number of pyridine rings is 1. The van der Waals surface area contributed by atoms with Crippen molar-refractivity contribution in [1.29, 1.82) is 0 Å². The lowest BCUT2D eigenvalue weighted by atomic mass is 9.94. The van der Waals surface area contributed by atoms with Gasteiger partial charge in [-0.15, -0.1) is 0 Å². The minimum Gasteiger partial charge on any atom is -0.478 e. The molecule has 3 heterocycles. The third kappa shape index (κ3) is 5.11. The molecule has 2 aliphatic heterocycles. The molecule has 0 aliphatic carbocycles. The molecule has 0 bridgehead atoms. The normalized spacial score (nSPS) is 18.5. The Morgan fingerprint density at radius 1 is 0.972 bits per heavy atom. The number of nitrogens with zero attached hydrogens (tertiary/aromatic N) is 3. The molecule has 2 fully saturated rings. The molecule has 0 atom stereocenters. The topological polar surface area (TPSA) is 56.7 Å². The van der Waals surface area contributed by atoms with Crippen LogP contribution in [0.25, 0.3) is 22.2 Å². The van der Waals surface area contributed by atoms with Crippen LogP contribution in [-0.4, -0.2) is 58.1 Å². The van der Waals surface area contributed by atoms with Crippen LogP contribution in [0.5, 0.6) is 0 Å². The molecule has 0 unspecified atom stereocenters. The van der Waals surface area contributed by atoms with Crippen molar-refractivity contribution in [1.82, 2.24) is 14.8 Å². The number of carboxylic acid groups (broad SMARTS) is 1. The maximum absolute atomic E-state index is 13.5. The van der Waals surface area contributed by atoms with Crippen LogP contribution >= 0.6 is 0 Å². The summed E-state index contributed by atoms with van der Waals surface area (Å²) >= 11 is 0. The van der Waals surface area contributed by atoms with Crippen LogP contribution in [0.3, 0.4) is 0 Å². The van der Waals surface area contributed by atoms with E-state index >= 15 is 0 Å². The number of carbonyl (C=O) groups is 1. The van der Waals surface area contributed by atoms with Crippen LogP contribution in [0.2, 0.25) is 0 Å². The number of alkyl halides is 3. The summed E-state index contributed by atoms with van der Waals surface area (Å²) in [6.45, 7) is 4.24. The first-order valence-corrected chi connectivity index (χ1v) is 12.6. The van der Waals surface area contributed by atoms with Crippen molar-refractivity contribution in [3.63, 3.8) is 0 Å². The van der Waals surface area contributed by atoms with E-state index in [2.05, 4.69) is 9.80 Å². The number of piperidine rings is 2. The fraction of sp³-hybridized carbons (Fsp3) is 0.429. The van der Waals surface area contributed by atoms with Gasteiger partial charge in [-0.1, -0.05) is 36.8 Å². The van der Waals surface area contributed by atoms with Crippen LogP contribution in [0.4, 0.5) is 13.2 Å². The maximum Gasteiger partial charge on any atom is 0.416 e. The molecule has 1 N–H and O–H groups in total. The van der Waals surface area contributed by atoms with E-state index in [0.29, 0.717) is 23.8 Å². The predicted octanol–water partition coefficient (Wildman–Crippen LogP) is 6.07. The standard InChI is InChI=1S/C28H30F3N3O2/c29-28(30,31)20-9-10-24-22(17-20)25(27(35)36)23(26(32-24)19-7-3-1-4-8-19)18-33-15-11-21(12-16-33)34-13-5-2-6-14-34/h1,3-4,7-10,17,21H,2,5-6,11-16,18H2,(H,35,36). The molecule has 2 aromatic carbocycles. The van der Waals surface area contributed by atoms with Gasteiger partial charge in [-0.2, -0.15) is 13.2 Å². The summed E-state index contributed by atoms with van der Waals surface area (Å²) in [4.78, 5) is 22.0. The van der Waals surface area contributed by atoms with Gasteiger partial charge in [0.2, 0.25) is 0 Å². The SMILES string of the molecule is O=C(O)c1c(CN2CCC(N3CCCCC3)CC2)c(-c2ccccc2)nc2ccc(C(F)(F)F)cc12. The Kier molecular flexibility index (Phi) is 6.99. The van der Waals surface area contributed by atoms with E-state index in [1.54, 1.807) is 0 Å². The second-order valence-corrected chi connectivity index (χ2v) is 9.82. The molecular weight excluding hydrogens is 467 g/mol. The van der Waals surface area contributed by atoms with Crippen molar-refractivity contribution in [3.05, 3.63) is 65.2 Å². The van der Waals surface area contributed by atoms with E-state index in [4.69, 9.17) is 4.98 Å². The van der Waals surface area contributed by atoms with Crippen molar-refractivity contribution in [2.24, 2.45) is 0 Å². The van der Waals surface area contributed by atoms with Gasteiger partial charge in [0.25, 0.3) is 0 Å². The highest BCUT2D eigenvalue weighted by molar-refractivity contribution is 6.06. The van der Waals surface area contributed by atoms with Crippen LogP contribution in [0.1, 0.15) is 53.6 Å². The van der Waals surface area contributed by atoms with Crippen LogP contribution < -0.4 is 0 Å². The largest absolute Gasteiger partial charge is 0.478 e. The van der Waals surface area contributed by atoms with Crippen molar-refractivity contribution in [2.75, 3.05) is 26.2 Å². The number of aromatic carboxylic acids is 1. The molecule has 3 aromatic rings. The van der Waals surface area contributed by atoms with Gasteiger partial charge in [0.05, 0.1) is 22.3 Å². The molecule has 5 nitrogen and oxygen atoms in total. The number of aromatic nitrogens is 1. The first-order chi connectivity index (χ1) is 17.3. The molecule has 0 spiro atoms. The summed E-state index contributed by atoms with van der Waals surface area (Å²) < 4.78 is 40.4. The smallest absolute Gasteiger partial charge is 0.416 e. The molecule has 0 saturated carbocycles. The van der Waals surface area contributed by atoms with E-state index < -0.39 is 17.7 Å². The van der Waals surface area contributed by atoms with Crippen molar-refractivity contribution in [2.45, 2.75) is 50.9 Å². The number of halogens is 3. The van der Waals surface area contributed by atoms with Gasteiger partial charge in [-0.05, 0) is 70.1 Å². The van der Waals surface area contributed by atoms with Crippen molar-refractivity contribution in [3.8, 4) is 11.3 Å². The Balaban J connectivity index is 1.54. The van der Waals surface area contributed by atoms with Crippen LogP contribution in [0.15, 0.2) is 48.5 Å². The lowest BCUT2D eigenvalue weighted by Gasteiger charge is -2.40. The third-order valence-corrected chi connectivity index (χ3v) is 7.52. The van der Waals surface area contributed by atoms with Gasteiger partial charge in [0.1, 0.15) is 0 Å². The highest BCUT2D eigenvalue weighted by atomic mass is 19.4. The fourth-order valence-corrected chi connectivity index (χ4v) is 5.66. The third-order valence-electron chi connectivity index (χ3n) is 7.52. The quantitative estimate of drug-likeness (QED) is 0.464. The number of benzene rings is 2. The molecule has 190 valence electrons. The minimum atomic E-state index is -4.57. The zero-order valence-electron chi connectivity index (χ0n) is 20.1. The summed E-state index contributed by atoms with van der Waals surface area (Å²) in [6.07, 6.45) is 1.21. The molecule has 36 heavy (non-hydrogen) atoms. The Labute approximate surface area is 208 Å². The highest BCUT2D eigenvalue weighted by Crippen LogP contribution is 2.36. The first kappa shape index (κ1) is 24.7. The summed E-state index contributed by atoms with van der Waals surface area (Å²) in [5.74, 6) is -1.24. The molecule has 8 heteroatoms. The maximum atomic E-state index is 13.5. The van der Waals surface area contributed by atoms with Gasteiger partial charge >= 0.3 is 12.1 Å². The number of hydrogen-bond acceptors (Lipinski definition) is 4. The van der Waals surface area contributed by atoms with E-state index in [0.717, 1.165) is 56.7 Å². The molecule has 2 aliphatic rings. The number of likely N-dealkylation sites (tertiary alicyclic amines) is 2. The Hall–Kier alpha value is -2.97. The summed E-state index contributed by atoms with van der Waals surface area (Å²) in [5, 5.41) is 10.3. The van der Waals surface area contributed by atoms with Crippen LogP contribution in [-0.2, 0) is 12.7 Å². The first-order valence-electron chi connectivity index (χ1n) is 12.6. The van der Waals surface area contributed by atoms with E-state index in [1.165, 1.54) is 25.3 Å². The van der Waals surface area contributed by atoms with E-state index in [-0.39, 0.29) is 16.5 Å². The zero-order valence-corrected chi connectivity index (χ0v) is 20.1. The van der Waals surface area contributed by atoms with Gasteiger partial charge in [-0.25, -0.2) is 9.78 Å². The molecule has 0 amide bonds. The average molecular weight is 498 g/mol. The van der Waals surface area contributed by atoms with E-state index in [9.17, 15) is 23.1 Å². The van der Waals surface area contributed by atoms with Gasteiger partial charge in [0, 0.05) is 29.1 Å². The fourth-order valence-electron chi connectivity index (χ4n) is 5.66. The van der Waals surface area contributed by atoms with Gasteiger partial charge in [0.15, 0.2) is 0 Å². The summed E-state index contributed by atoms with van der Waals surface area (Å²) in [7, 11) is 0. The monoisotopic (exact) mass is 497 g/mol. The van der Waals surface area contributed by atoms with Gasteiger partial charge < -0.3 is 10.0 Å². The highest BCUT2D eigenvalue weighted by Gasteiger charge is 2.33. The molecule has 2 saturated heterocycles. The number of fused-ring (bicyclic) bond motifs is 1. The number of carboxylic acids is 1. The molecule has 5 rings (SSSR count). The van der Waals surface area contributed by atoms with Crippen LogP contribution in [0, 0.1) is 0 Å². The Morgan fingerprint density at radius 2 is 1.67 bits per heavy atom. The minimum absolute atomic E-state index is 0.0233. The lowest BCUT2D eigenvalue weighted by molar-refractivity contribution is -0.137. The number of rotatable bonds is 5. The lowest BCUT2D eigenvalue weighted by Crippen LogP contribution is -2.46. The van der Waals surface area contributed by atoms with E-state index in [1.807, 2.05) is 30.3 Å².